The van der Waals surface area contributed by atoms with Crippen LogP contribution in [-0.2, 0) is 0 Å². The number of nitrogens with zero attached hydrogens (tertiary/aromatic N) is 5. The van der Waals surface area contributed by atoms with Crippen LogP contribution < -0.4 is 4.74 Å². The molecule has 5 aromatic heterocycles. The number of benzene rings is 6. The molecule has 0 fully saturated rings. The maximum Gasteiger partial charge on any atom is 0.145 e. The van der Waals surface area contributed by atoms with E-state index in [1.165, 1.54) is 27.1 Å². The van der Waals surface area contributed by atoms with Crippen LogP contribution in [-0.4, -0.2) is 23.5 Å². The third-order valence-electron chi connectivity index (χ3n) is 9.99. The van der Waals surface area contributed by atoms with Gasteiger partial charge in [-0.2, -0.15) is 0 Å². The Balaban J connectivity index is 1.10. The van der Waals surface area contributed by atoms with Crippen LogP contribution in [0.15, 0.2) is 164 Å². The molecule has 0 radical (unpaired) electrons. The van der Waals surface area contributed by atoms with E-state index in [9.17, 15) is 0 Å². The predicted octanol–water partition coefficient (Wildman–Crippen LogP) is 11.0. The summed E-state index contributed by atoms with van der Waals surface area (Å²) in [5.74, 6) is 2.38. The lowest BCUT2D eigenvalue weighted by molar-refractivity contribution is 0.484. The van der Waals surface area contributed by atoms with Crippen molar-refractivity contribution in [3.05, 3.63) is 164 Å². The topological polar surface area (TPSA) is 49.3 Å². The quantitative estimate of drug-likeness (QED) is 0.180. The van der Waals surface area contributed by atoms with Crippen LogP contribution in [0.4, 0.5) is 0 Å². The largest absolute Gasteiger partial charge is 0.457 e. The van der Waals surface area contributed by atoms with E-state index in [4.69, 9.17) is 9.72 Å². The highest BCUT2D eigenvalue weighted by Gasteiger charge is 2.18. The van der Waals surface area contributed by atoms with Gasteiger partial charge in [0.25, 0.3) is 0 Å². The third kappa shape index (κ3) is 3.84. The fourth-order valence-electron chi connectivity index (χ4n) is 7.86. The predicted molar refractivity (Wildman–Crippen MR) is 203 cm³/mol. The number of aromatic nitrogens is 5. The summed E-state index contributed by atoms with van der Waals surface area (Å²) in [7, 11) is 0. The fraction of sp³-hybridized carbons (Fsp3) is 0. The first-order chi connectivity index (χ1) is 24.8. The summed E-state index contributed by atoms with van der Waals surface area (Å²) in [4.78, 5) is 9.53. The Labute approximate surface area is 285 Å². The van der Waals surface area contributed by atoms with E-state index in [0.717, 1.165) is 66.9 Å². The first-order valence-electron chi connectivity index (χ1n) is 16.7. The molecule has 11 rings (SSSR count). The van der Waals surface area contributed by atoms with E-state index in [1.807, 2.05) is 36.7 Å². The molecule has 6 aromatic carbocycles. The zero-order valence-corrected chi connectivity index (χ0v) is 26.7. The van der Waals surface area contributed by atoms with Gasteiger partial charge in [-0.1, -0.05) is 60.7 Å². The Morgan fingerprint density at radius 2 is 1.06 bits per heavy atom. The second-order valence-electron chi connectivity index (χ2n) is 12.7. The molecule has 0 saturated carbocycles. The molecule has 0 amide bonds. The second-order valence-corrected chi connectivity index (χ2v) is 12.7. The van der Waals surface area contributed by atoms with Crippen LogP contribution in [0.3, 0.4) is 0 Å². The zero-order chi connectivity index (χ0) is 32.8. The molecule has 6 heteroatoms. The third-order valence-corrected chi connectivity index (χ3v) is 9.99. The molecule has 0 aliphatic carbocycles. The zero-order valence-electron chi connectivity index (χ0n) is 26.7. The van der Waals surface area contributed by atoms with Gasteiger partial charge in [0.2, 0.25) is 0 Å². The second kappa shape index (κ2) is 10.3. The van der Waals surface area contributed by atoms with Gasteiger partial charge < -0.3 is 9.30 Å². The highest BCUT2D eigenvalue weighted by molar-refractivity contribution is 6.19. The minimum absolute atomic E-state index is 0.753. The van der Waals surface area contributed by atoms with Gasteiger partial charge in [0.1, 0.15) is 23.0 Å². The van der Waals surface area contributed by atoms with E-state index >= 15 is 0 Å². The maximum atomic E-state index is 6.63. The lowest BCUT2D eigenvalue weighted by Gasteiger charge is -2.13. The first kappa shape index (κ1) is 27.1. The summed E-state index contributed by atoms with van der Waals surface area (Å²) < 4.78 is 13.4. The van der Waals surface area contributed by atoms with Gasteiger partial charge in [-0.3, -0.25) is 8.97 Å². The molecule has 0 bridgehead atoms. The molecular weight excluding hydrogens is 615 g/mol. The number of imidazole rings is 1. The number of fused-ring (bicyclic) bond motifs is 12. The number of rotatable bonds is 4. The maximum absolute atomic E-state index is 6.63. The molecule has 5 heterocycles. The van der Waals surface area contributed by atoms with Crippen molar-refractivity contribution in [2.24, 2.45) is 0 Å². The average molecular weight is 642 g/mol. The molecule has 234 valence electrons. The Bertz CT molecular complexity index is 3120. The number of hydrogen-bond acceptors (Lipinski definition) is 3. The molecule has 11 aromatic rings. The summed E-state index contributed by atoms with van der Waals surface area (Å²) in [6.45, 7) is 0. The molecule has 0 spiro atoms. The van der Waals surface area contributed by atoms with Gasteiger partial charge in [0.15, 0.2) is 0 Å². The average Bonchev–Trinajstić information content (AvgIpc) is 3.88. The van der Waals surface area contributed by atoms with E-state index < -0.39 is 0 Å². The van der Waals surface area contributed by atoms with Crippen LogP contribution in [0.5, 0.6) is 11.5 Å². The van der Waals surface area contributed by atoms with Crippen molar-refractivity contribution in [3.8, 4) is 23.0 Å². The fourth-order valence-corrected chi connectivity index (χ4v) is 7.86. The van der Waals surface area contributed by atoms with Crippen molar-refractivity contribution in [2.75, 3.05) is 0 Å². The van der Waals surface area contributed by atoms with E-state index in [1.54, 1.807) is 0 Å². The van der Waals surface area contributed by atoms with Crippen LogP contribution in [0, 0.1) is 0 Å². The van der Waals surface area contributed by atoms with Crippen molar-refractivity contribution < 1.29 is 4.74 Å². The van der Waals surface area contributed by atoms with Gasteiger partial charge in [-0.15, -0.1) is 0 Å². The molecule has 0 saturated heterocycles. The number of pyridine rings is 2. The van der Waals surface area contributed by atoms with Crippen molar-refractivity contribution in [3.63, 3.8) is 0 Å². The molecule has 50 heavy (non-hydrogen) atoms. The van der Waals surface area contributed by atoms with Crippen molar-refractivity contribution >= 4 is 70.9 Å². The lowest BCUT2D eigenvalue weighted by Crippen LogP contribution is -1.96. The van der Waals surface area contributed by atoms with Crippen molar-refractivity contribution in [2.45, 2.75) is 0 Å². The van der Waals surface area contributed by atoms with Crippen LogP contribution in [0.1, 0.15) is 0 Å². The van der Waals surface area contributed by atoms with Gasteiger partial charge in [-0.25, -0.2) is 9.97 Å². The Hall–Kier alpha value is -6.92. The normalized spacial score (nSPS) is 12.0. The first-order valence-corrected chi connectivity index (χ1v) is 16.7. The van der Waals surface area contributed by atoms with Gasteiger partial charge >= 0.3 is 0 Å². The molecule has 0 unspecified atom stereocenters. The molecule has 6 nitrogen and oxygen atoms in total. The monoisotopic (exact) mass is 641 g/mol. The smallest absolute Gasteiger partial charge is 0.145 e. The standard InChI is InChI=1S/C44H27N5O/c1-2-10-28(11-3-1)48-38-14-6-5-13-33(38)36-26-35-31-19-17-29(24-37(31)44-46-22-23-47(44)40(35)27-42(36)48)50-30-18-20-34-32-12-4-7-15-39(32)49(41(34)25-30)43-16-8-9-21-45-43/h1-27H. The molecule has 0 aliphatic rings. The summed E-state index contributed by atoms with van der Waals surface area (Å²) in [6, 6.07) is 51.0. The number of hydrogen-bond donors (Lipinski definition) is 0. The summed E-state index contributed by atoms with van der Waals surface area (Å²) in [5, 5.41) is 8.12. The number of para-hydroxylation sites is 3. The van der Waals surface area contributed by atoms with Crippen LogP contribution >= 0.6 is 0 Å². The van der Waals surface area contributed by atoms with Gasteiger partial charge in [-0.05, 0) is 84.2 Å². The Morgan fingerprint density at radius 3 is 1.88 bits per heavy atom. The number of ether oxygens (including phenoxy) is 1. The Kier molecular flexibility index (Phi) is 5.57. The van der Waals surface area contributed by atoms with Gasteiger partial charge in [0.05, 0.1) is 27.6 Å². The molecule has 0 aliphatic heterocycles. The van der Waals surface area contributed by atoms with E-state index in [2.05, 4.69) is 146 Å². The minimum atomic E-state index is 0.753. The highest BCUT2D eigenvalue weighted by atomic mass is 16.5. The van der Waals surface area contributed by atoms with Gasteiger partial charge in [0, 0.05) is 62.7 Å². The summed E-state index contributed by atoms with van der Waals surface area (Å²) >= 11 is 0. The minimum Gasteiger partial charge on any atom is -0.457 e. The highest BCUT2D eigenvalue weighted by Crippen LogP contribution is 2.40. The van der Waals surface area contributed by atoms with Crippen LogP contribution in [0.25, 0.3) is 82.4 Å². The summed E-state index contributed by atoms with van der Waals surface area (Å²) in [6.07, 6.45) is 5.76. The molecular formula is C44H27N5O. The van der Waals surface area contributed by atoms with Crippen LogP contribution in [0.2, 0.25) is 0 Å². The van der Waals surface area contributed by atoms with E-state index in [-0.39, 0.29) is 0 Å². The Morgan fingerprint density at radius 1 is 0.400 bits per heavy atom. The molecule has 0 N–H and O–H groups in total. The summed E-state index contributed by atoms with van der Waals surface area (Å²) in [5.41, 5.74) is 7.65. The molecule has 0 atom stereocenters. The van der Waals surface area contributed by atoms with Crippen molar-refractivity contribution in [1.29, 1.82) is 0 Å². The van der Waals surface area contributed by atoms with E-state index in [0.29, 0.717) is 0 Å². The SMILES string of the molecule is c1ccc(-n2c3ccccc3c3cc4c5ccc(Oc6ccc7c8ccccc8n(-c8ccccn8)c7c6)cc5c5nccn5c4cc32)cc1. The van der Waals surface area contributed by atoms with Crippen molar-refractivity contribution in [1.82, 2.24) is 23.5 Å². The lowest BCUT2D eigenvalue weighted by atomic mass is 10.0.